The molecule has 0 saturated heterocycles. The summed E-state index contributed by atoms with van der Waals surface area (Å²) in [7, 11) is 0. The van der Waals surface area contributed by atoms with E-state index in [9.17, 15) is 9.59 Å². The van der Waals surface area contributed by atoms with Crippen molar-refractivity contribution in [2.75, 3.05) is 17.2 Å². The van der Waals surface area contributed by atoms with Gasteiger partial charge in [0.2, 0.25) is 11.8 Å². The van der Waals surface area contributed by atoms with Crippen LogP contribution in [0.15, 0.2) is 90.4 Å². The summed E-state index contributed by atoms with van der Waals surface area (Å²) in [6.07, 6.45) is 1.67. The molecular weight excluding hydrogens is 597 g/mol. The first kappa shape index (κ1) is 27.5. The molecule has 0 fully saturated rings. The van der Waals surface area contributed by atoms with Crippen LogP contribution < -0.4 is 10.2 Å². The Balaban J connectivity index is 1.51. The van der Waals surface area contributed by atoms with Crippen LogP contribution in [0.25, 0.3) is 16.3 Å². The molecule has 0 unspecified atom stereocenters. The Hall–Kier alpha value is -3.63. The molecule has 0 spiro atoms. The predicted molar refractivity (Wildman–Crippen MR) is 166 cm³/mol. The Morgan fingerprint density at radius 3 is 2.63 bits per heavy atom. The summed E-state index contributed by atoms with van der Waals surface area (Å²) in [5, 5.41) is 10.7. The fourth-order valence-corrected chi connectivity index (χ4v) is 7.06. The maximum absolute atomic E-state index is 13.8. The van der Waals surface area contributed by atoms with Gasteiger partial charge >= 0.3 is 0 Å². The van der Waals surface area contributed by atoms with Crippen LogP contribution in [0.3, 0.4) is 0 Å². The van der Waals surface area contributed by atoms with E-state index in [1.807, 2.05) is 78.2 Å². The number of thioether (sulfide) groups is 1. The number of rotatable bonds is 7. The maximum atomic E-state index is 13.8. The lowest BCUT2D eigenvalue weighted by molar-refractivity contribution is -0.123. The summed E-state index contributed by atoms with van der Waals surface area (Å²) in [5.41, 5.74) is 3.82. The van der Waals surface area contributed by atoms with Crippen LogP contribution in [-0.2, 0) is 16.1 Å². The first-order chi connectivity index (χ1) is 20.0. The molecule has 41 heavy (non-hydrogen) atoms. The number of nitrogens with zero attached hydrogens (tertiary/aromatic N) is 4. The predicted octanol–water partition coefficient (Wildman–Crippen LogP) is 6.79. The minimum absolute atomic E-state index is 0.159. The maximum Gasteiger partial charge on any atom is 0.240 e. The van der Waals surface area contributed by atoms with E-state index in [2.05, 4.69) is 10.3 Å². The van der Waals surface area contributed by atoms with E-state index in [0.29, 0.717) is 21.6 Å². The van der Waals surface area contributed by atoms with Gasteiger partial charge in [0, 0.05) is 16.8 Å². The smallest absolute Gasteiger partial charge is 0.240 e. The standard InChI is InChI=1S/C30H23Cl2N5O2S2/c31-20-8-5-7-19(15-20)29-27-28(24-12-6-14-40-24)35-37(23-11-2-1-10-22(23)32)30(27)36(26(39)18-41-29)17-25(38)34-16-21-9-3-4-13-33-21/h1-15,29H,16-18H2,(H,34,38)/t29-/m0/s1. The Morgan fingerprint density at radius 1 is 1.02 bits per heavy atom. The van der Waals surface area contributed by atoms with E-state index < -0.39 is 0 Å². The van der Waals surface area contributed by atoms with Crippen molar-refractivity contribution in [3.63, 3.8) is 0 Å². The third-order valence-corrected chi connectivity index (χ3v) is 9.26. The molecule has 0 saturated carbocycles. The number of hydrogen-bond acceptors (Lipinski definition) is 6. The summed E-state index contributed by atoms with van der Waals surface area (Å²) in [6.45, 7) is 0.0557. The first-order valence-electron chi connectivity index (χ1n) is 12.8. The third kappa shape index (κ3) is 5.76. The van der Waals surface area contributed by atoms with Crippen molar-refractivity contribution in [1.29, 1.82) is 0 Å². The highest BCUT2D eigenvalue weighted by atomic mass is 35.5. The lowest BCUT2D eigenvalue weighted by Gasteiger charge is -2.23. The number of anilines is 1. The van der Waals surface area contributed by atoms with Crippen molar-refractivity contribution in [2.45, 2.75) is 11.8 Å². The average molecular weight is 621 g/mol. The van der Waals surface area contributed by atoms with E-state index in [1.165, 1.54) is 16.7 Å². The number of carbonyl (C=O) groups is 2. The average Bonchev–Trinajstić information content (AvgIpc) is 3.62. The summed E-state index contributed by atoms with van der Waals surface area (Å²) >= 11 is 16.2. The largest absolute Gasteiger partial charge is 0.349 e. The van der Waals surface area contributed by atoms with E-state index in [0.717, 1.165) is 27.4 Å². The van der Waals surface area contributed by atoms with E-state index >= 15 is 0 Å². The van der Waals surface area contributed by atoms with Gasteiger partial charge in [-0.15, -0.1) is 23.1 Å². The van der Waals surface area contributed by atoms with Crippen molar-refractivity contribution in [1.82, 2.24) is 20.1 Å². The van der Waals surface area contributed by atoms with Crippen LogP contribution in [0.1, 0.15) is 22.1 Å². The summed E-state index contributed by atoms with van der Waals surface area (Å²) in [5.74, 6) is 0.145. The van der Waals surface area contributed by atoms with Gasteiger partial charge < -0.3 is 5.32 Å². The van der Waals surface area contributed by atoms with E-state index in [4.69, 9.17) is 28.3 Å². The van der Waals surface area contributed by atoms with Gasteiger partial charge in [0.15, 0.2) is 0 Å². The molecule has 0 bridgehead atoms. The summed E-state index contributed by atoms with van der Waals surface area (Å²) < 4.78 is 1.69. The molecule has 2 amide bonds. The minimum atomic E-state index is -0.314. The van der Waals surface area contributed by atoms with Crippen molar-refractivity contribution in [2.24, 2.45) is 0 Å². The zero-order chi connectivity index (χ0) is 28.3. The molecule has 0 aliphatic carbocycles. The quantitative estimate of drug-likeness (QED) is 0.217. The fourth-order valence-electron chi connectivity index (χ4n) is 4.73. The first-order valence-corrected chi connectivity index (χ1v) is 15.4. The zero-order valence-corrected chi connectivity index (χ0v) is 24.7. The molecule has 1 N–H and O–H groups in total. The van der Waals surface area contributed by atoms with Crippen LogP contribution >= 0.6 is 46.3 Å². The number of hydrogen-bond donors (Lipinski definition) is 1. The van der Waals surface area contributed by atoms with Crippen molar-refractivity contribution >= 4 is 63.9 Å². The number of fused-ring (bicyclic) bond motifs is 1. The number of aromatic nitrogens is 3. The van der Waals surface area contributed by atoms with Crippen LogP contribution in [0.2, 0.25) is 10.0 Å². The molecule has 1 atom stereocenters. The molecule has 6 rings (SSSR count). The zero-order valence-electron chi connectivity index (χ0n) is 21.5. The molecule has 206 valence electrons. The molecule has 4 heterocycles. The lowest BCUT2D eigenvalue weighted by Crippen LogP contribution is -2.42. The van der Waals surface area contributed by atoms with Crippen LogP contribution in [0.5, 0.6) is 0 Å². The second-order valence-electron chi connectivity index (χ2n) is 9.25. The molecular formula is C30H23Cl2N5O2S2. The monoisotopic (exact) mass is 619 g/mol. The number of thiophene rings is 1. The van der Waals surface area contributed by atoms with Gasteiger partial charge in [0.05, 0.1) is 38.8 Å². The van der Waals surface area contributed by atoms with Crippen molar-refractivity contribution < 1.29 is 9.59 Å². The topological polar surface area (TPSA) is 80.1 Å². The molecule has 3 aromatic heterocycles. The molecule has 0 radical (unpaired) electrons. The van der Waals surface area contributed by atoms with Gasteiger partial charge in [-0.05, 0) is 53.4 Å². The van der Waals surface area contributed by atoms with Gasteiger partial charge in [-0.1, -0.05) is 59.6 Å². The number of benzene rings is 2. The van der Waals surface area contributed by atoms with Gasteiger partial charge in [0.25, 0.3) is 0 Å². The minimum Gasteiger partial charge on any atom is -0.349 e. The fraction of sp³-hybridized carbons (Fsp3) is 0.133. The number of pyridine rings is 1. The van der Waals surface area contributed by atoms with Gasteiger partial charge in [0.1, 0.15) is 18.1 Å². The van der Waals surface area contributed by atoms with Crippen LogP contribution in [0, 0.1) is 0 Å². The molecule has 1 aliphatic rings. The number of amides is 2. The second-order valence-corrected chi connectivity index (χ2v) is 12.1. The number of halogens is 2. The Morgan fingerprint density at radius 2 is 1.88 bits per heavy atom. The molecule has 2 aromatic carbocycles. The number of para-hydroxylation sites is 1. The second kappa shape index (κ2) is 12.1. The number of nitrogens with one attached hydrogen (secondary N) is 1. The van der Waals surface area contributed by atoms with E-state index in [-0.39, 0.29) is 35.9 Å². The molecule has 1 aliphatic heterocycles. The number of carbonyl (C=O) groups excluding carboxylic acids is 2. The van der Waals surface area contributed by atoms with Gasteiger partial charge in [-0.3, -0.25) is 19.5 Å². The normalized spacial score (nSPS) is 14.9. The molecule has 5 aromatic rings. The summed E-state index contributed by atoms with van der Waals surface area (Å²) in [4.78, 5) is 33.8. The highest BCUT2D eigenvalue weighted by Crippen LogP contribution is 2.49. The Kier molecular flexibility index (Phi) is 8.11. The summed E-state index contributed by atoms with van der Waals surface area (Å²) in [6, 6.07) is 24.4. The Labute approximate surface area is 255 Å². The van der Waals surface area contributed by atoms with Crippen molar-refractivity contribution in [3.05, 3.63) is 117 Å². The molecule has 7 nitrogen and oxygen atoms in total. The van der Waals surface area contributed by atoms with Gasteiger partial charge in [-0.2, -0.15) is 5.10 Å². The lowest BCUT2D eigenvalue weighted by atomic mass is 10.0. The highest BCUT2D eigenvalue weighted by Gasteiger charge is 2.38. The SMILES string of the molecule is O=C(CN1C(=O)CS[C@@H](c2cccc(Cl)c2)c2c(-c3cccs3)nn(-c3ccccc3Cl)c21)NCc1ccccn1. The van der Waals surface area contributed by atoms with E-state index in [1.54, 1.807) is 28.3 Å². The van der Waals surface area contributed by atoms with Crippen molar-refractivity contribution in [3.8, 4) is 16.3 Å². The third-order valence-electron chi connectivity index (χ3n) is 6.57. The Bertz CT molecular complexity index is 1710. The highest BCUT2D eigenvalue weighted by molar-refractivity contribution is 8.00. The van der Waals surface area contributed by atoms with Gasteiger partial charge in [-0.25, -0.2) is 4.68 Å². The van der Waals surface area contributed by atoms with Crippen LogP contribution in [0.4, 0.5) is 5.82 Å². The molecule has 11 heteroatoms. The van der Waals surface area contributed by atoms with Crippen LogP contribution in [-0.4, -0.2) is 38.9 Å².